The van der Waals surface area contributed by atoms with Crippen LogP contribution in [0, 0.1) is 12.3 Å². The molecule has 0 radical (unpaired) electrons. The largest absolute Gasteiger partial charge is 0.311 e. The summed E-state index contributed by atoms with van der Waals surface area (Å²) in [5.41, 5.74) is 1.38. The second-order valence-corrected chi connectivity index (χ2v) is 4.76. The van der Waals surface area contributed by atoms with E-state index in [0.717, 1.165) is 24.6 Å². The predicted octanol–water partition coefficient (Wildman–Crippen LogP) is 1.92. The molecule has 0 aromatic carbocycles. The van der Waals surface area contributed by atoms with Gasteiger partial charge in [0.15, 0.2) is 0 Å². The van der Waals surface area contributed by atoms with E-state index < -0.39 is 0 Å². The van der Waals surface area contributed by atoms with Crippen molar-refractivity contribution in [3.05, 3.63) is 23.8 Å². The van der Waals surface area contributed by atoms with Crippen LogP contribution in [0.3, 0.4) is 0 Å². The van der Waals surface area contributed by atoms with Crippen molar-refractivity contribution in [1.29, 1.82) is 0 Å². The van der Waals surface area contributed by atoms with Crippen LogP contribution in [0.15, 0.2) is 12.3 Å². The van der Waals surface area contributed by atoms with Gasteiger partial charge in [-0.15, -0.1) is 0 Å². The highest BCUT2D eigenvalue weighted by molar-refractivity contribution is 5.01. The Morgan fingerprint density at radius 3 is 2.64 bits per heavy atom. The van der Waals surface area contributed by atoms with E-state index in [-0.39, 0.29) is 0 Å². The minimum absolute atomic E-state index is 0.322. The van der Waals surface area contributed by atoms with E-state index in [4.69, 9.17) is 0 Å². The van der Waals surface area contributed by atoms with Crippen molar-refractivity contribution < 1.29 is 0 Å². The van der Waals surface area contributed by atoms with Crippen LogP contribution in [0.2, 0.25) is 0 Å². The maximum atomic E-state index is 4.32. The van der Waals surface area contributed by atoms with Crippen LogP contribution in [0.1, 0.15) is 32.3 Å². The molecule has 78 valence electrons. The summed E-state index contributed by atoms with van der Waals surface area (Å²) in [6, 6.07) is 1.95. The lowest BCUT2D eigenvalue weighted by Crippen LogP contribution is -2.26. The number of nitrogens with one attached hydrogen (secondary N) is 1. The van der Waals surface area contributed by atoms with Crippen LogP contribution < -0.4 is 5.32 Å². The molecular formula is C11H19N3. The summed E-state index contributed by atoms with van der Waals surface area (Å²) in [6.45, 7) is 10.4. The van der Waals surface area contributed by atoms with Gasteiger partial charge in [-0.3, -0.25) is 0 Å². The van der Waals surface area contributed by atoms with Gasteiger partial charge < -0.3 is 5.32 Å². The first-order valence-electron chi connectivity index (χ1n) is 4.97. The number of aromatic nitrogens is 2. The Morgan fingerprint density at radius 2 is 2.07 bits per heavy atom. The van der Waals surface area contributed by atoms with Gasteiger partial charge in [0.05, 0.1) is 5.69 Å². The van der Waals surface area contributed by atoms with Crippen molar-refractivity contribution in [3.63, 3.8) is 0 Å². The molecule has 0 bridgehead atoms. The van der Waals surface area contributed by atoms with Crippen LogP contribution in [0.25, 0.3) is 0 Å². The monoisotopic (exact) mass is 193 g/mol. The van der Waals surface area contributed by atoms with E-state index in [1.54, 1.807) is 6.20 Å². The van der Waals surface area contributed by atoms with E-state index >= 15 is 0 Å². The highest BCUT2D eigenvalue weighted by Crippen LogP contribution is 2.10. The molecule has 1 heterocycles. The summed E-state index contributed by atoms with van der Waals surface area (Å²) < 4.78 is 0. The molecule has 1 rings (SSSR count). The summed E-state index contributed by atoms with van der Waals surface area (Å²) in [4.78, 5) is 8.38. The van der Waals surface area contributed by atoms with E-state index in [2.05, 4.69) is 36.1 Å². The van der Waals surface area contributed by atoms with E-state index in [1.807, 2.05) is 13.0 Å². The summed E-state index contributed by atoms with van der Waals surface area (Å²) in [5, 5.41) is 3.38. The van der Waals surface area contributed by atoms with Gasteiger partial charge in [0.25, 0.3) is 0 Å². The average molecular weight is 193 g/mol. The fourth-order valence-electron chi connectivity index (χ4n) is 1.17. The zero-order valence-electron chi connectivity index (χ0n) is 9.46. The van der Waals surface area contributed by atoms with Gasteiger partial charge in [-0.05, 0) is 18.4 Å². The lowest BCUT2D eigenvalue weighted by molar-refractivity contribution is 0.378. The molecule has 0 saturated heterocycles. The van der Waals surface area contributed by atoms with E-state index in [0.29, 0.717) is 5.41 Å². The average Bonchev–Trinajstić information content (AvgIpc) is 2.01. The molecule has 1 N–H and O–H groups in total. The Morgan fingerprint density at radius 1 is 1.36 bits per heavy atom. The Hall–Kier alpha value is -0.960. The lowest BCUT2D eigenvalue weighted by Gasteiger charge is -2.18. The van der Waals surface area contributed by atoms with Gasteiger partial charge in [0, 0.05) is 19.3 Å². The predicted molar refractivity (Wildman–Crippen MR) is 57.9 cm³/mol. The third-order valence-corrected chi connectivity index (χ3v) is 1.80. The van der Waals surface area contributed by atoms with Crippen molar-refractivity contribution in [2.45, 2.75) is 34.2 Å². The van der Waals surface area contributed by atoms with Crippen LogP contribution in [-0.2, 0) is 6.54 Å². The van der Waals surface area contributed by atoms with E-state index in [1.165, 1.54) is 0 Å². The normalized spacial score (nSPS) is 11.7. The standard InChI is InChI=1S/C11H19N3/c1-9-13-6-5-10(14-9)7-12-8-11(2,3)4/h5-6,12H,7-8H2,1-4H3. The Balaban J connectivity index is 2.39. The molecule has 3 heteroatoms. The van der Waals surface area contributed by atoms with Gasteiger partial charge in [-0.1, -0.05) is 20.8 Å². The minimum atomic E-state index is 0.322. The second kappa shape index (κ2) is 4.51. The number of nitrogens with zero attached hydrogens (tertiary/aromatic N) is 2. The van der Waals surface area contributed by atoms with Crippen LogP contribution >= 0.6 is 0 Å². The fraction of sp³-hybridized carbons (Fsp3) is 0.636. The molecule has 0 aliphatic carbocycles. The molecule has 0 unspecified atom stereocenters. The lowest BCUT2D eigenvalue weighted by atomic mass is 9.97. The number of aryl methyl sites for hydroxylation is 1. The topological polar surface area (TPSA) is 37.8 Å². The van der Waals surface area contributed by atoms with Crippen molar-refractivity contribution in [1.82, 2.24) is 15.3 Å². The zero-order chi connectivity index (χ0) is 10.6. The Kier molecular flexibility index (Phi) is 3.58. The van der Waals surface area contributed by atoms with Crippen molar-refractivity contribution >= 4 is 0 Å². The molecule has 0 aliphatic heterocycles. The molecule has 0 amide bonds. The van der Waals surface area contributed by atoms with Gasteiger partial charge in [0.1, 0.15) is 5.82 Å². The maximum Gasteiger partial charge on any atom is 0.125 e. The van der Waals surface area contributed by atoms with Crippen LogP contribution in [-0.4, -0.2) is 16.5 Å². The molecule has 0 atom stereocenters. The molecule has 1 aromatic heterocycles. The SMILES string of the molecule is Cc1nccc(CNCC(C)(C)C)n1. The Bertz CT molecular complexity index is 289. The van der Waals surface area contributed by atoms with Gasteiger partial charge in [-0.2, -0.15) is 0 Å². The maximum absolute atomic E-state index is 4.32. The van der Waals surface area contributed by atoms with Gasteiger partial charge in [-0.25, -0.2) is 9.97 Å². The molecule has 0 fully saturated rings. The first-order valence-corrected chi connectivity index (χ1v) is 4.97. The molecule has 0 spiro atoms. The van der Waals surface area contributed by atoms with Crippen LogP contribution in [0.4, 0.5) is 0 Å². The summed E-state index contributed by atoms with van der Waals surface area (Å²) in [5.74, 6) is 0.833. The third-order valence-electron chi connectivity index (χ3n) is 1.80. The van der Waals surface area contributed by atoms with Crippen LogP contribution in [0.5, 0.6) is 0 Å². The highest BCUT2D eigenvalue weighted by atomic mass is 14.9. The number of hydrogen-bond donors (Lipinski definition) is 1. The molecule has 3 nitrogen and oxygen atoms in total. The number of hydrogen-bond acceptors (Lipinski definition) is 3. The quantitative estimate of drug-likeness (QED) is 0.797. The second-order valence-electron chi connectivity index (χ2n) is 4.76. The van der Waals surface area contributed by atoms with Crippen molar-refractivity contribution in [2.75, 3.05) is 6.54 Å². The molecular weight excluding hydrogens is 174 g/mol. The first-order chi connectivity index (χ1) is 6.47. The first kappa shape index (κ1) is 11.1. The highest BCUT2D eigenvalue weighted by Gasteiger charge is 2.08. The smallest absolute Gasteiger partial charge is 0.125 e. The molecule has 0 aliphatic rings. The third kappa shape index (κ3) is 4.33. The van der Waals surface area contributed by atoms with Crippen molar-refractivity contribution in [3.8, 4) is 0 Å². The zero-order valence-corrected chi connectivity index (χ0v) is 9.46. The van der Waals surface area contributed by atoms with Gasteiger partial charge >= 0.3 is 0 Å². The minimum Gasteiger partial charge on any atom is -0.311 e. The summed E-state index contributed by atoms with van der Waals surface area (Å²) in [6.07, 6.45) is 1.80. The summed E-state index contributed by atoms with van der Waals surface area (Å²) in [7, 11) is 0. The van der Waals surface area contributed by atoms with Gasteiger partial charge in [0.2, 0.25) is 0 Å². The molecule has 14 heavy (non-hydrogen) atoms. The number of rotatable bonds is 3. The molecule has 0 saturated carbocycles. The fourth-order valence-corrected chi connectivity index (χ4v) is 1.17. The Labute approximate surface area is 86.0 Å². The van der Waals surface area contributed by atoms with Crippen molar-refractivity contribution in [2.24, 2.45) is 5.41 Å². The molecule has 1 aromatic rings. The van der Waals surface area contributed by atoms with E-state index in [9.17, 15) is 0 Å². The summed E-state index contributed by atoms with van der Waals surface area (Å²) >= 11 is 0.